The third-order valence-corrected chi connectivity index (χ3v) is 8.13. The van der Waals surface area contributed by atoms with Crippen molar-refractivity contribution in [1.29, 1.82) is 0 Å². The summed E-state index contributed by atoms with van der Waals surface area (Å²) in [6.45, 7) is 0. The molecule has 38 heavy (non-hydrogen) atoms. The average Bonchev–Trinajstić information content (AvgIpc) is 3.28. The number of non-ortho nitro benzene ring substituents is 1. The van der Waals surface area contributed by atoms with Gasteiger partial charge in [0.25, 0.3) is 11.2 Å². The van der Waals surface area contributed by atoms with Gasteiger partial charge in [0.05, 0.1) is 42.4 Å². The van der Waals surface area contributed by atoms with Crippen LogP contribution in [0.15, 0.2) is 81.6 Å². The van der Waals surface area contributed by atoms with Crippen molar-refractivity contribution in [2.75, 3.05) is 11.1 Å². The molecule has 0 spiro atoms. The van der Waals surface area contributed by atoms with Gasteiger partial charge in [-0.25, -0.2) is 23.5 Å². The number of benzene rings is 3. The normalized spacial score (nSPS) is 11.6. The molecule has 0 aliphatic rings. The highest BCUT2D eigenvalue weighted by Gasteiger charge is 2.17. The first kappa shape index (κ1) is 25.5. The van der Waals surface area contributed by atoms with Crippen molar-refractivity contribution in [3.8, 4) is 5.69 Å². The number of fused-ring (bicyclic) bond motifs is 2. The summed E-state index contributed by atoms with van der Waals surface area (Å²) in [5, 5.41) is 19.7. The zero-order valence-corrected chi connectivity index (χ0v) is 21.5. The molecule has 0 saturated heterocycles. The average molecular weight is 569 g/mol. The molecule has 3 aromatic carbocycles. The minimum atomic E-state index is -3.92. The molecule has 5 rings (SSSR count). The van der Waals surface area contributed by atoms with Crippen molar-refractivity contribution in [3.63, 3.8) is 0 Å². The predicted molar refractivity (Wildman–Crippen MR) is 144 cm³/mol. The van der Waals surface area contributed by atoms with E-state index in [4.69, 9.17) is 5.14 Å². The molecular weight excluding hydrogens is 552 g/mol. The van der Waals surface area contributed by atoms with E-state index in [0.717, 1.165) is 23.1 Å². The third kappa shape index (κ3) is 5.12. The monoisotopic (exact) mass is 568 g/mol. The maximum atomic E-state index is 13.4. The maximum Gasteiger partial charge on any atom is 0.270 e. The summed E-state index contributed by atoms with van der Waals surface area (Å²) in [7, 11) is -3.92. The van der Waals surface area contributed by atoms with Gasteiger partial charge in [0.1, 0.15) is 0 Å². The Labute approximate surface area is 222 Å². The quantitative estimate of drug-likeness (QED) is 0.129. The molecule has 0 bridgehead atoms. The Balaban J connectivity index is 1.43. The molecule has 0 saturated carbocycles. The van der Waals surface area contributed by atoms with Crippen molar-refractivity contribution in [2.45, 2.75) is 10.1 Å². The van der Waals surface area contributed by atoms with Crippen LogP contribution < -0.4 is 16.0 Å². The van der Waals surface area contributed by atoms with E-state index >= 15 is 0 Å². The Bertz CT molecular complexity index is 1900. The number of carbonyl (C=O) groups excluding carboxylic acids is 1. The van der Waals surface area contributed by atoms with Crippen LogP contribution in [0.1, 0.15) is 0 Å². The molecule has 5 aromatic rings. The Morgan fingerprint density at radius 3 is 2.53 bits per heavy atom. The number of thiazole rings is 1. The van der Waals surface area contributed by atoms with Crippen LogP contribution in [0, 0.1) is 10.1 Å². The Morgan fingerprint density at radius 2 is 1.82 bits per heavy atom. The van der Waals surface area contributed by atoms with E-state index in [1.165, 1.54) is 47.0 Å². The zero-order chi connectivity index (χ0) is 27.0. The number of thioether (sulfide) groups is 1. The standard InChI is InChI=1S/C23H16N6O6S3/c24-38(34,35)15-8-5-13(6-9-15)28-21(31)16-3-1-2-4-17(16)26-23(28)36-12-20(30)27-22-25-18-10-7-14(29(32)33)11-19(18)37-22/h1-11H,12H2,(H2,24,34,35)(H,25,27,30). The number of aromatic nitrogens is 3. The molecule has 0 aliphatic carbocycles. The van der Waals surface area contributed by atoms with Gasteiger partial charge in [-0.3, -0.25) is 24.3 Å². The second-order valence-electron chi connectivity index (χ2n) is 7.86. The first-order chi connectivity index (χ1) is 18.1. The van der Waals surface area contributed by atoms with Crippen LogP contribution in [0.5, 0.6) is 0 Å². The molecule has 2 aromatic heterocycles. The van der Waals surface area contributed by atoms with E-state index in [-0.39, 0.29) is 26.6 Å². The third-order valence-electron chi connectivity index (χ3n) is 5.33. The van der Waals surface area contributed by atoms with E-state index in [9.17, 15) is 28.1 Å². The molecule has 12 nitrogen and oxygen atoms in total. The summed E-state index contributed by atoms with van der Waals surface area (Å²) in [5.41, 5.74) is 0.820. The van der Waals surface area contributed by atoms with Gasteiger partial charge < -0.3 is 5.32 Å². The molecule has 0 aliphatic heterocycles. The summed E-state index contributed by atoms with van der Waals surface area (Å²) in [6.07, 6.45) is 0. The minimum absolute atomic E-state index is 0.0768. The van der Waals surface area contributed by atoms with Crippen LogP contribution in [0.2, 0.25) is 0 Å². The number of nitrogens with two attached hydrogens (primary N) is 1. The lowest BCUT2D eigenvalue weighted by atomic mass is 10.2. The Kier molecular flexibility index (Phi) is 6.66. The zero-order valence-electron chi connectivity index (χ0n) is 19.1. The van der Waals surface area contributed by atoms with Gasteiger partial charge in [-0.2, -0.15) is 0 Å². The first-order valence-corrected chi connectivity index (χ1v) is 14.1. The number of primary sulfonamides is 1. The number of nitrogens with zero attached hydrogens (tertiary/aromatic N) is 4. The molecule has 3 N–H and O–H groups in total. The molecule has 15 heteroatoms. The van der Waals surface area contributed by atoms with Crippen LogP contribution in [0.3, 0.4) is 0 Å². The fraction of sp³-hybridized carbons (Fsp3) is 0.0435. The number of carbonyl (C=O) groups is 1. The highest BCUT2D eigenvalue weighted by atomic mass is 32.2. The van der Waals surface area contributed by atoms with Crippen molar-refractivity contribution in [1.82, 2.24) is 14.5 Å². The first-order valence-electron chi connectivity index (χ1n) is 10.7. The lowest BCUT2D eigenvalue weighted by molar-refractivity contribution is -0.384. The Hall–Kier alpha value is -4.18. The number of amides is 1. The van der Waals surface area contributed by atoms with Gasteiger partial charge in [0.2, 0.25) is 15.9 Å². The van der Waals surface area contributed by atoms with E-state index in [1.807, 2.05) is 0 Å². The minimum Gasteiger partial charge on any atom is -0.301 e. The van der Waals surface area contributed by atoms with E-state index in [0.29, 0.717) is 26.8 Å². The lowest BCUT2D eigenvalue weighted by Gasteiger charge is -2.13. The van der Waals surface area contributed by atoms with E-state index in [1.54, 1.807) is 24.3 Å². The van der Waals surface area contributed by atoms with Gasteiger partial charge in [0.15, 0.2) is 10.3 Å². The maximum absolute atomic E-state index is 13.4. The van der Waals surface area contributed by atoms with Gasteiger partial charge in [-0.15, -0.1) is 0 Å². The largest absolute Gasteiger partial charge is 0.301 e. The lowest BCUT2D eigenvalue weighted by Crippen LogP contribution is -2.23. The number of sulfonamides is 1. The van der Waals surface area contributed by atoms with Gasteiger partial charge in [-0.05, 0) is 42.5 Å². The smallest absolute Gasteiger partial charge is 0.270 e. The summed E-state index contributed by atoms with van der Waals surface area (Å²) in [4.78, 5) is 45.3. The molecule has 2 heterocycles. The summed E-state index contributed by atoms with van der Waals surface area (Å²) in [6, 6.07) is 16.4. The second kappa shape index (κ2) is 9.94. The fourth-order valence-corrected chi connectivity index (χ4v) is 5.83. The second-order valence-corrected chi connectivity index (χ2v) is 11.4. The number of nitro groups is 1. The fourth-order valence-electron chi connectivity index (χ4n) is 3.59. The number of rotatable bonds is 7. The van der Waals surface area contributed by atoms with Crippen LogP contribution in [0.4, 0.5) is 10.8 Å². The van der Waals surface area contributed by atoms with Crippen molar-refractivity contribution in [3.05, 3.63) is 87.2 Å². The SMILES string of the molecule is NS(=O)(=O)c1ccc(-n2c(SCC(=O)Nc3nc4ccc([N+](=O)[O-])cc4s3)nc3ccccc3c2=O)cc1. The molecular formula is C23H16N6O6S3. The van der Waals surface area contributed by atoms with Gasteiger partial charge in [-0.1, -0.05) is 35.2 Å². The van der Waals surface area contributed by atoms with Gasteiger partial charge >= 0.3 is 0 Å². The number of anilines is 1. The number of hydrogen-bond donors (Lipinski definition) is 2. The highest BCUT2D eigenvalue weighted by molar-refractivity contribution is 7.99. The van der Waals surface area contributed by atoms with Crippen LogP contribution >= 0.6 is 23.1 Å². The topological polar surface area (TPSA) is 180 Å². The molecule has 0 unspecified atom stereocenters. The molecule has 192 valence electrons. The molecule has 0 atom stereocenters. The predicted octanol–water partition coefficient (Wildman–Crippen LogP) is 3.28. The molecule has 1 amide bonds. The number of nitrogens with one attached hydrogen (secondary N) is 1. The van der Waals surface area contributed by atoms with Crippen molar-refractivity contribution < 1.29 is 18.1 Å². The van der Waals surface area contributed by atoms with Crippen LogP contribution in [-0.4, -0.2) is 39.5 Å². The molecule has 0 fully saturated rings. The van der Waals surface area contributed by atoms with Crippen molar-refractivity contribution >= 4 is 71.0 Å². The van der Waals surface area contributed by atoms with E-state index in [2.05, 4.69) is 15.3 Å². The summed E-state index contributed by atoms with van der Waals surface area (Å²) < 4.78 is 25.1. The van der Waals surface area contributed by atoms with Crippen LogP contribution in [0.25, 0.3) is 26.8 Å². The Morgan fingerprint density at radius 1 is 1.08 bits per heavy atom. The summed E-state index contributed by atoms with van der Waals surface area (Å²) >= 11 is 2.11. The highest BCUT2D eigenvalue weighted by Crippen LogP contribution is 2.29. The number of para-hydroxylation sites is 1. The van der Waals surface area contributed by atoms with Crippen LogP contribution in [-0.2, 0) is 14.8 Å². The van der Waals surface area contributed by atoms with Crippen molar-refractivity contribution in [2.24, 2.45) is 5.14 Å². The summed E-state index contributed by atoms with van der Waals surface area (Å²) in [5.74, 6) is -0.557. The van der Waals surface area contributed by atoms with Gasteiger partial charge in [0, 0.05) is 12.1 Å². The number of nitro benzene ring substituents is 1. The molecule has 0 radical (unpaired) electrons. The number of hydrogen-bond acceptors (Lipinski definition) is 10. The van der Waals surface area contributed by atoms with E-state index < -0.39 is 26.4 Å².